The Kier molecular flexibility index (Phi) is 5.43. The van der Waals surface area contributed by atoms with Crippen molar-refractivity contribution in [3.63, 3.8) is 0 Å². The molecule has 0 saturated heterocycles. The van der Waals surface area contributed by atoms with Crippen molar-refractivity contribution in [1.82, 2.24) is 20.5 Å². The van der Waals surface area contributed by atoms with Gasteiger partial charge in [-0.3, -0.25) is 5.10 Å². The van der Waals surface area contributed by atoms with Gasteiger partial charge in [0.1, 0.15) is 12.1 Å². The summed E-state index contributed by atoms with van der Waals surface area (Å²) in [6, 6.07) is 6.66. The highest BCUT2D eigenvalue weighted by Crippen LogP contribution is 2.29. The summed E-state index contributed by atoms with van der Waals surface area (Å²) in [5, 5.41) is 10.8. The molecule has 1 aromatic heterocycles. The molecule has 0 aliphatic heterocycles. The van der Waals surface area contributed by atoms with Crippen molar-refractivity contribution in [2.45, 2.75) is 30.8 Å². The minimum atomic E-state index is 0.319. The molecule has 1 heterocycles. The molecule has 1 atom stereocenters. The molecular formula is C14H20N4OS. The van der Waals surface area contributed by atoms with E-state index in [0.29, 0.717) is 12.6 Å². The first-order valence-corrected chi connectivity index (χ1v) is 7.64. The van der Waals surface area contributed by atoms with E-state index < -0.39 is 0 Å². The van der Waals surface area contributed by atoms with Gasteiger partial charge in [0.05, 0.1) is 6.61 Å². The molecule has 20 heavy (non-hydrogen) atoms. The highest BCUT2D eigenvalue weighted by atomic mass is 32.2. The summed E-state index contributed by atoms with van der Waals surface area (Å²) in [7, 11) is 1.96. The molecule has 2 rings (SSSR count). The van der Waals surface area contributed by atoms with Crippen molar-refractivity contribution in [2.24, 2.45) is 0 Å². The highest BCUT2D eigenvalue weighted by molar-refractivity contribution is 7.98. The van der Waals surface area contributed by atoms with Crippen LogP contribution in [0.3, 0.4) is 0 Å². The summed E-state index contributed by atoms with van der Waals surface area (Å²) in [5.74, 6) is 1.74. The Morgan fingerprint density at radius 2 is 2.30 bits per heavy atom. The fourth-order valence-corrected chi connectivity index (χ4v) is 2.61. The predicted octanol–water partition coefficient (Wildman–Crippen LogP) is 2.78. The van der Waals surface area contributed by atoms with Crippen LogP contribution >= 0.6 is 11.8 Å². The molecule has 0 bridgehead atoms. The Morgan fingerprint density at radius 1 is 1.45 bits per heavy atom. The van der Waals surface area contributed by atoms with Gasteiger partial charge in [0.25, 0.3) is 0 Å². The Morgan fingerprint density at radius 3 is 2.95 bits per heavy atom. The zero-order chi connectivity index (χ0) is 14.4. The van der Waals surface area contributed by atoms with Crippen LogP contribution in [-0.2, 0) is 5.75 Å². The fraction of sp³-hybridized carbons (Fsp3) is 0.429. The zero-order valence-electron chi connectivity index (χ0n) is 12.0. The number of hydrogen-bond acceptors (Lipinski definition) is 5. The van der Waals surface area contributed by atoms with Crippen molar-refractivity contribution < 1.29 is 4.74 Å². The van der Waals surface area contributed by atoms with Crippen LogP contribution in [0.5, 0.6) is 5.75 Å². The van der Waals surface area contributed by atoms with Gasteiger partial charge in [-0.15, -0.1) is 0 Å². The van der Waals surface area contributed by atoms with E-state index >= 15 is 0 Å². The molecule has 0 saturated carbocycles. The minimum absolute atomic E-state index is 0.319. The van der Waals surface area contributed by atoms with E-state index in [1.807, 2.05) is 20.0 Å². The van der Waals surface area contributed by atoms with Gasteiger partial charge >= 0.3 is 0 Å². The van der Waals surface area contributed by atoms with Crippen LogP contribution in [-0.4, -0.2) is 28.8 Å². The topological polar surface area (TPSA) is 62.8 Å². The lowest BCUT2D eigenvalue weighted by molar-refractivity contribution is 0.337. The van der Waals surface area contributed by atoms with E-state index in [1.54, 1.807) is 11.8 Å². The highest BCUT2D eigenvalue weighted by Gasteiger charge is 2.10. The normalized spacial score (nSPS) is 12.3. The van der Waals surface area contributed by atoms with Crippen LogP contribution in [0.25, 0.3) is 0 Å². The van der Waals surface area contributed by atoms with Gasteiger partial charge in [-0.25, -0.2) is 4.98 Å². The van der Waals surface area contributed by atoms with Gasteiger partial charge in [-0.2, -0.15) is 5.10 Å². The maximum atomic E-state index is 5.70. The predicted molar refractivity (Wildman–Crippen MR) is 81.0 cm³/mol. The zero-order valence-corrected chi connectivity index (χ0v) is 12.8. The molecule has 5 nitrogen and oxygen atoms in total. The number of rotatable bonds is 7. The number of aromatic nitrogens is 3. The summed E-state index contributed by atoms with van der Waals surface area (Å²) in [4.78, 5) is 4.12. The molecule has 0 aliphatic rings. The lowest BCUT2D eigenvalue weighted by Gasteiger charge is -2.15. The summed E-state index contributed by atoms with van der Waals surface area (Å²) in [6.07, 6.45) is 1.52. The number of ether oxygens (including phenoxy) is 1. The second-order valence-corrected chi connectivity index (χ2v) is 5.35. The number of aromatic amines is 1. The Bertz CT molecular complexity index is 530. The van der Waals surface area contributed by atoms with Crippen LogP contribution in [0.4, 0.5) is 0 Å². The largest absolute Gasteiger partial charge is 0.494 e. The number of nitrogens with zero attached hydrogens (tertiary/aromatic N) is 2. The van der Waals surface area contributed by atoms with Gasteiger partial charge in [0.2, 0.25) is 0 Å². The standard InChI is InChI=1S/C14H20N4OS/c1-4-19-13-6-5-11(10(2)15-3)7-12(13)8-20-14-16-9-17-18-14/h5-7,9-10,15H,4,8H2,1-3H3,(H,16,17,18). The van der Waals surface area contributed by atoms with Crippen molar-refractivity contribution in [3.05, 3.63) is 35.7 Å². The van der Waals surface area contributed by atoms with Gasteiger partial charge in [-0.05, 0) is 38.6 Å². The second kappa shape index (κ2) is 7.31. The quantitative estimate of drug-likeness (QED) is 0.768. The number of benzene rings is 1. The van der Waals surface area contributed by atoms with Gasteiger partial charge in [-0.1, -0.05) is 17.8 Å². The molecule has 0 fully saturated rings. The second-order valence-electron chi connectivity index (χ2n) is 4.39. The molecule has 0 radical (unpaired) electrons. The van der Waals surface area contributed by atoms with E-state index in [-0.39, 0.29) is 0 Å². The SMILES string of the molecule is CCOc1ccc(C(C)NC)cc1CSc1ncn[nH]1. The molecular weight excluding hydrogens is 272 g/mol. The van der Waals surface area contributed by atoms with Crippen LogP contribution in [0.2, 0.25) is 0 Å². The number of hydrogen-bond donors (Lipinski definition) is 2. The lowest BCUT2D eigenvalue weighted by Crippen LogP contribution is -2.12. The number of H-pyrrole nitrogens is 1. The van der Waals surface area contributed by atoms with Gasteiger partial charge in [0.15, 0.2) is 5.16 Å². The van der Waals surface area contributed by atoms with E-state index in [1.165, 1.54) is 17.5 Å². The smallest absolute Gasteiger partial charge is 0.183 e. The molecule has 2 N–H and O–H groups in total. The first-order valence-electron chi connectivity index (χ1n) is 6.65. The summed E-state index contributed by atoms with van der Waals surface area (Å²) in [6.45, 7) is 4.81. The first-order chi connectivity index (χ1) is 9.74. The molecule has 6 heteroatoms. The lowest BCUT2D eigenvalue weighted by atomic mass is 10.1. The van der Waals surface area contributed by atoms with E-state index in [4.69, 9.17) is 4.74 Å². The summed E-state index contributed by atoms with van der Waals surface area (Å²) in [5.41, 5.74) is 2.43. The van der Waals surface area contributed by atoms with Crippen LogP contribution in [0.15, 0.2) is 29.7 Å². The van der Waals surface area contributed by atoms with E-state index in [9.17, 15) is 0 Å². The van der Waals surface area contributed by atoms with Crippen LogP contribution in [0.1, 0.15) is 31.0 Å². The van der Waals surface area contributed by atoms with E-state index in [2.05, 4.69) is 39.6 Å². The average molecular weight is 292 g/mol. The summed E-state index contributed by atoms with van der Waals surface area (Å²) >= 11 is 1.62. The third kappa shape index (κ3) is 3.74. The molecule has 1 unspecified atom stereocenters. The third-order valence-electron chi connectivity index (χ3n) is 3.07. The maximum Gasteiger partial charge on any atom is 0.183 e. The maximum absolute atomic E-state index is 5.70. The minimum Gasteiger partial charge on any atom is -0.494 e. The fourth-order valence-electron chi connectivity index (χ4n) is 1.85. The molecule has 0 aliphatic carbocycles. The average Bonchev–Trinajstić information content (AvgIpc) is 2.99. The van der Waals surface area contributed by atoms with Gasteiger partial charge < -0.3 is 10.1 Å². The van der Waals surface area contributed by atoms with Crippen molar-refractivity contribution in [1.29, 1.82) is 0 Å². The van der Waals surface area contributed by atoms with Crippen LogP contribution in [0, 0.1) is 0 Å². The van der Waals surface area contributed by atoms with Crippen molar-refractivity contribution >= 4 is 11.8 Å². The number of thioether (sulfide) groups is 1. The van der Waals surface area contributed by atoms with Crippen LogP contribution < -0.4 is 10.1 Å². The van der Waals surface area contributed by atoms with Crippen molar-refractivity contribution in [3.8, 4) is 5.75 Å². The first kappa shape index (κ1) is 14.9. The van der Waals surface area contributed by atoms with E-state index in [0.717, 1.165) is 16.7 Å². The third-order valence-corrected chi connectivity index (χ3v) is 4.00. The van der Waals surface area contributed by atoms with Gasteiger partial charge in [0, 0.05) is 17.4 Å². The molecule has 0 spiro atoms. The molecule has 108 valence electrons. The number of nitrogens with one attached hydrogen (secondary N) is 2. The van der Waals surface area contributed by atoms with Crippen molar-refractivity contribution in [2.75, 3.05) is 13.7 Å². The summed E-state index contributed by atoms with van der Waals surface area (Å²) < 4.78 is 5.70. The monoisotopic (exact) mass is 292 g/mol. The molecule has 2 aromatic rings. The Labute approximate surface area is 123 Å². The Hall–Kier alpha value is -1.53. The Balaban J connectivity index is 2.17. The molecule has 0 amide bonds. The molecule has 1 aromatic carbocycles.